The van der Waals surface area contributed by atoms with Gasteiger partial charge in [0, 0.05) is 13.1 Å². The number of rotatable bonds is 10. The summed E-state index contributed by atoms with van der Waals surface area (Å²) in [6.07, 6.45) is 5.42. The van der Waals surface area contributed by atoms with Crippen molar-refractivity contribution in [2.24, 2.45) is 5.92 Å². The van der Waals surface area contributed by atoms with Gasteiger partial charge in [-0.2, -0.15) is 0 Å². The van der Waals surface area contributed by atoms with E-state index in [0.29, 0.717) is 0 Å². The predicted octanol–water partition coefficient (Wildman–Crippen LogP) is 2.40. The Hall–Kier alpha value is -0.0800. The van der Waals surface area contributed by atoms with Gasteiger partial charge >= 0.3 is 0 Å². The minimum absolute atomic E-state index is 0.763. The molecule has 0 aliphatic rings. The van der Waals surface area contributed by atoms with E-state index in [9.17, 15) is 0 Å². The zero-order valence-corrected chi connectivity index (χ0v) is 10.2. The summed E-state index contributed by atoms with van der Waals surface area (Å²) in [4.78, 5) is 0. The van der Waals surface area contributed by atoms with Crippen LogP contribution >= 0.6 is 0 Å². The van der Waals surface area contributed by atoms with Gasteiger partial charge in [0.1, 0.15) is 0 Å². The molecule has 0 saturated heterocycles. The smallest absolute Gasteiger partial charge is 0.00768 e. The number of unbranched alkanes of at least 4 members (excludes halogenated alkanes) is 3. The van der Waals surface area contributed by atoms with Crippen LogP contribution in [0.25, 0.3) is 0 Å². The Balaban J connectivity index is 2.85. The number of nitrogens with one attached hydrogen (secondary N) is 2. The molecule has 0 amide bonds. The van der Waals surface area contributed by atoms with Crippen LogP contribution in [0.4, 0.5) is 0 Å². The summed E-state index contributed by atoms with van der Waals surface area (Å²) in [7, 11) is 0. The highest BCUT2D eigenvalue weighted by Crippen LogP contribution is 1.96. The molecule has 14 heavy (non-hydrogen) atoms. The highest BCUT2D eigenvalue weighted by atomic mass is 14.9. The van der Waals surface area contributed by atoms with Crippen LogP contribution in [0.3, 0.4) is 0 Å². The SMILES string of the molecule is CCCCCCNCCNCC(C)C. The van der Waals surface area contributed by atoms with Crippen molar-refractivity contribution in [2.75, 3.05) is 26.2 Å². The monoisotopic (exact) mass is 200 g/mol. The van der Waals surface area contributed by atoms with Gasteiger partial charge in [0.25, 0.3) is 0 Å². The molecule has 0 aromatic carbocycles. The lowest BCUT2D eigenvalue weighted by molar-refractivity contribution is 0.527. The summed E-state index contributed by atoms with van der Waals surface area (Å²) in [5.41, 5.74) is 0. The fourth-order valence-electron chi connectivity index (χ4n) is 1.37. The van der Waals surface area contributed by atoms with Crippen LogP contribution in [0.2, 0.25) is 0 Å². The summed E-state index contributed by atoms with van der Waals surface area (Å²) in [6, 6.07) is 0. The third-order valence-electron chi connectivity index (χ3n) is 2.24. The second-order valence-corrected chi connectivity index (χ2v) is 4.41. The second-order valence-electron chi connectivity index (χ2n) is 4.41. The largest absolute Gasteiger partial charge is 0.315 e. The third kappa shape index (κ3) is 11.9. The molecule has 0 aromatic rings. The molecule has 2 N–H and O–H groups in total. The van der Waals surface area contributed by atoms with Gasteiger partial charge in [-0.25, -0.2) is 0 Å². The average molecular weight is 200 g/mol. The van der Waals surface area contributed by atoms with E-state index in [-0.39, 0.29) is 0 Å². The molecule has 0 spiro atoms. The first-order valence-electron chi connectivity index (χ1n) is 6.18. The van der Waals surface area contributed by atoms with Crippen LogP contribution in [0, 0.1) is 5.92 Å². The fraction of sp³-hybridized carbons (Fsp3) is 1.00. The van der Waals surface area contributed by atoms with Crippen LogP contribution in [-0.4, -0.2) is 26.2 Å². The van der Waals surface area contributed by atoms with Crippen molar-refractivity contribution in [3.05, 3.63) is 0 Å². The fourth-order valence-corrected chi connectivity index (χ4v) is 1.37. The molecule has 0 aliphatic carbocycles. The highest BCUT2D eigenvalue weighted by molar-refractivity contribution is 4.54. The van der Waals surface area contributed by atoms with Gasteiger partial charge in [-0.05, 0) is 25.4 Å². The first kappa shape index (κ1) is 13.9. The quantitative estimate of drug-likeness (QED) is 0.529. The molecule has 0 saturated carbocycles. The van der Waals surface area contributed by atoms with E-state index in [1.165, 1.54) is 32.2 Å². The van der Waals surface area contributed by atoms with Crippen LogP contribution in [0.15, 0.2) is 0 Å². The zero-order valence-electron chi connectivity index (χ0n) is 10.2. The maximum Gasteiger partial charge on any atom is 0.00768 e. The van der Waals surface area contributed by atoms with Gasteiger partial charge in [-0.3, -0.25) is 0 Å². The molecular weight excluding hydrogens is 172 g/mol. The van der Waals surface area contributed by atoms with E-state index >= 15 is 0 Å². The van der Waals surface area contributed by atoms with Crippen LogP contribution in [0.1, 0.15) is 46.5 Å². The van der Waals surface area contributed by atoms with Gasteiger partial charge in [0.15, 0.2) is 0 Å². The van der Waals surface area contributed by atoms with Crippen LogP contribution < -0.4 is 10.6 Å². The number of hydrogen-bond donors (Lipinski definition) is 2. The normalized spacial score (nSPS) is 11.1. The van der Waals surface area contributed by atoms with E-state index in [4.69, 9.17) is 0 Å². The number of hydrogen-bond acceptors (Lipinski definition) is 2. The zero-order chi connectivity index (χ0) is 10.6. The minimum atomic E-state index is 0.763. The van der Waals surface area contributed by atoms with Crippen molar-refractivity contribution in [3.8, 4) is 0 Å². The molecule has 0 rings (SSSR count). The summed E-state index contributed by atoms with van der Waals surface area (Å²) in [5.74, 6) is 0.763. The van der Waals surface area contributed by atoms with Crippen molar-refractivity contribution in [3.63, 3.8) is 0 Å². The van der Waals surface area contributed by atoms with Crippen molar-refractivity contribution in [2.45, 2.75) is 46.5 Å². The standard InChI is InChI=1S/C12H28N2/c1-4-5-6-7-8-13-9-10-14-11-12(2)3/h12-14H,4-11H2,1-3H3. The molecule has 0 aliphatic heterocycles. The Kier molecular flexibility index (Phi) is 10.9. The Labute approximate surface area is 89.9 Å². The van der Waals surface area contributed by atoms with Gasteiger partial charge in [0.05, 0.1) is 0 Å². The summed E-state index contributed by atoms with van der Waals surface area (Å²) >= 11 is 0. The Bertz CT molecular complexity index is 102. The van der Waals surface area contributed by atoms with Crippen molar-refractivity contribution in [1.29, 1.82) is 0 Å². The summed E-state index contributed by atoms with van der Waals surface area (Å²) < 4.78 is 0. The molecule has 86 valence electrons. The van der Waals surface area contributed by atoms with E-state index in [1.807, 2.05) is 0 Å². The van der Waals surface area contributed by atoms with Crippen LogP contribution in [-0.2, 0) is 0 Å². The van der Waals surface area contributed by atoms with Gasteiger partial charge < -0.3 is 10.6 Å². The molecule has 0 fully saturated rings. The lowest BCUT2D eigenvalue weighted by atomic mass is 10.2. The second kappa shape index (κ2) is 11.0. The molecule has 0 unspecified atom stereocenters. The maximum absolute atomic E-state index is 3.46. The summed E-state index contributed by atoms with van der Waals surface area (Å²) in [6.45, 7) is 11.3. The first-order valence-corrected chi connectivity index (χ1v) is 6.18. The maximum atomic E-state index is 3.46. The lowest BCUT2D eigenvalue weighted by Gasteiger charge is -2.08. The summed E-state index contributed by atoms with van der Waals surface area (Å²) in [5, 5.41) is 6.88. The van der Waals surface area contributed by atoms with Crippen molar-refractivity contribution >= 4 is 0 Å². The molecule has 2 nitrogen and oxygen atoms in total. The predicted molar refractivity (Wildman–Crippen MR) is 64.7 cm³/mol. The molecule has 0 radical (unpaired) electrons. The van der Waals surface area contributed by atoms with E-state index in [1.54, 1.807) is 0 Å². The van der Waals surface area contributed by atoms with Crippen molar-refractivity contribution < 1.29 is 0 Å². The Morgan fingerprint density at radius 1 is 0.857 bits per heavy atom. The van der Waals surface area contributed by atoms with E-state index in [2.05, 4.69) is 31.4 Å². The third-order valence-corrected chi connectivity index (χ3v) is 2.24. The first-order chi connectivity index (χ1) is 6.77. The molecule has 0 aromatic heterocycles. The van der Waals surface area contributed by atoms with E-state index in [0.717, 1.165) is 25.6 Å². The topological polar surface area (TPSA) is 24.1 Å². The lowest BCUT2D eigenvalue weighted by Crippen LogP contribution is -2.30. The molecule has 0 atom stereocenters. The average Bonchev–Trinajstić information content (AvgIpc) is 2.15. The Morgan fingerprint density at radius 2 is 1.57 bits per heavy atom. The Morgan fingerprint density at radius 3 is 2.21 bits per heavy atom. The molecular formula is C12H28N2. The van der Waals surface area contributed by atoms with E-state index < -0.39 is 0 Å². The van der Waals surface area contributed by atoms with Crippen molar-refractivity contribution in [1.82, 2.24) is 10.6 Å². The highest BCUT2D eigenvalue weighted by Gasteiger charge is 1.92. The van der Waals surface area contributed by atoms with Gasteiger partial charge in [-0.15, -0.1) is 0 Å². The molecule has 2 heteroatoms. The van der Waals surface area contributed by atoms with Gasteiger partial charge in [0.2, 0.25) is 0 Å². The van der Waals surface area contributed by atoms with Gasteiger partial charge in [-0.1, -0.05) is 40.0 Å². The van der Waals surface area contributed by atoms with Crippen LogP contribution in [0.5, 0.6) is 0 Å². The minimum Gasteiger partial charge on any atom is -0.315 e. The molecule has 0 heterocycles. The molecule has 0 bridgehead atoms.